The van der Waals surface area contributed by atoms with E-state index >= 15 is 0 Å². The molecule has 2 N–H and O–H groups in total. The van der Waals surface area contributed by atoms with Gasteiger partial charge in [-0.2, -0.15) is 0 Å². The minimum atomic E-state index is 0.933. The highest BCUT2D eigenvalue weighted by Crippen LogP contribution is 2.35. The minimum Gasteiger partial charge on any atom is -0.397 e. The summed E-state index contributed by atoms with van der Waals surface area (Å²) in [4.78, 5) is 2.49. The third kappa shape index (κ3) is 1.42. The van der Waals surface area contributed by atoms with Crippen molar-refractivity contribution in [3.8, 4) is 0 Å². The van der Waals surface area contributed by atoms with Gasteiger partial charge in [-0.15, -0.1) is 23.1 Å². The number of hydrogen-bond acceptors (Lipinski definition) is 3. The van der Waals surface area contributed by atoms with Crippen LogP contribution in [0.1, 0.15) is 4.88 Å². The molecule has 1 aromatic heterocycles. The smallest absolute Gasteiger partial charge is 0.0633 e. The first-order chi connectivity index (χ1) is 6.22. The van der Waals surface area contributed by atoms with E-state index in [1.54, 1.807) is 23.1 Å². The number of nitrogen functional groups attached to an aromatic ring is 1. The van der Waals surface area contributed by atoms with Crippen LogP contribution < -0.4 is 5.73 Å². The van der Waals surface area contributed by atoms with E-state index in [9.17, 15) is 0 Å². The molecule has 13 heavy (non-hydrogen) atoms. The Morgan fingerprint density at radius 2 is 2.15 bits per heavy atom. The molecule has 0 saturated heterocycles. The highest BCUT2D eigenvalue weighted by atomic mass is 32.2. The number of anilines is 1. The van der Waals surface area contributed by atoms with Crippen molar-refractivity contribution in [2.75, 3.05) is 12.0 Å². The number of thiophene rings is 1. The number of fused-ring (bicyclic) bond motifs is 1. The molecule has 2 rings (SSSR count). The van der Waals surface area contributed by atoms with Gasteiger partial charge in [0, 0.05) is 9.77 Å². The molecule has 0 saturated carbocycles. The Bertz CT molecular complexity index is 445. The molecule has 0 aliphatic rings. The van der Waals surface area contributed by atoms with Gasteiger partial charge in [0.05, 0.1) is 10.4 Å². The van der Waals surface area contributed by atoms with Crippen LogP contribution in [0.3, 0.4) is 0 Å². The highest BCUT2D eigenvalue weighted by molar-refractivity contribution is 7.98. The molecule has 3 heteroatoms. The van der Waals surface area contributed by atoms with E-state index in [1.807, 2.05) is 0 Å². The van der Waals surface area contributed by atoms with Gasteiger partial charge in [-0.1, -0.05) is 6.07 Å². The molecule has 0 spiro atoms. The van der Waals surface area contributed by atoms with Gasteiger partial charge in [0.25, 0.3) is 0 Å². The first kappa shape index (κ1) is 8.91. The zero-order valence-corrected chi connectivity index (χ0v) is 9.26. The van der Waals surface area contributed by atoms with Gasteiger partial charge in [-0.25, -0.2) is 0 Å². The average Bonchev–Trinajstić information content (AvgIpc) is 2.47. The Kier molecular flexibility index (Phi) is 2.22. The van der Waals surface area contributed by atoms with E-state index in [0.717, 1.165) is 5.69 Å². The summed E-state index contributed by atoms with van der Waals surface area (Å²) in [5, 5.41) is 1.26. The molecule has 0 aliphatic carbocycles. The molecule has 0 fully saturated rings. The van der Waals surface area contributed by atoms with Crippen molar-refractivity contribution in [1.29, 1.82) is 0 Å². The van der Waals surface area contributed by atoms with Crippen LogP contribution >= 0.6 is 23.1 Å². The predicted octanol–water partition coefficient (Wildman–Crippen LogP) is 3.51. The molecule has 68 valence electrons. The summed E-state index contributed by atoms with van der Waals surface area (Å²) in [5.74, 6) is 0. The zero-order valence-electron chi connectivity index (χ0n) is 7.63. The molecule has 1 heterocycles. The van der Waals surface area contributed by atoms with Crippen LogP contribution in [0.5, 0.6) is 0 Å². The lowest BCUT2D eigenvalue weighted by Crippen LogP contribution is -1.87. The van der Waals surface area contributed by atoms with Gasteiger partial charge in [0.2, 0.25) is 0 Å². The van der Waals surface area contributed by atoms with Crippen LogP contribution in [-0.2, 0) is 0 Å². The van der Waals surface area contributed by atoms with Crippen LogP contribution in [0.2, 0.25) is 0 Å². The number of hydrogen-bond donors (Lipinski definition) is 1. The van der Waals surface area contributed by atoms with Crippen molar-refractivity contribution in [3.05, 3.63) is 23.1 Å². The van der Waals surface area contributed by atoms with Crippen molar-refractivity contribution >= 4 is 38.9 Å². The lowest BCUT2D eigenvalue weighted by atomic mass is 10.2. The first-order valence-electron chi connectivity index (χ1n) is 4.05. The van der Waals surface area contributed by atoms with Crippen molar-refractivity contribution in [3.63, 3.8) is 0 Å². The molecule has 0 aliphatic heterocycles. The second-order valence-electron chi connectivity index (χ2n) is 2.96. The number of nitrogens with two attached hydrogens (primary N) is 1. The van der Waals surface area contributed by atoms with Crippen LogP contribution in [0.4, 0.5) is 5.69 Å². The number of aryl methyl sites for hydroxylation is 1. The fourth-order valence-electron chi connectivity index (χ4n) is 1.41. The number of benzene rings is 1. The standard InChI is InChI=1S/C10H11NS2/c1-6-5-7-3-4-8(12-2)9(11)10(7)13-6/h3-5H,11H2,1-2H3. The predicted molar refractivity (Wildman–Crippen MR) is 62.8 cm³/mol. The lowest BCUT2D eigenvalue weighted by molar-refractivity contribution is 1.52. The first-order valence-corrected chi connectivity index (χ1v) is 6.09. The Morgan fingerprint density at radius 1 is 1.38 bits per heavy atom. The van der Waals surface area contributed by atoms with E-state index in [1.165, 1.54) is 19.9 Å². The van der Waals surface area contributed by atoms with Crippen molar-refractivity contribution in [2.24, 2.45) is 0 Å². The van der Waals surface area contributed by atoms with Gasteiger partial charge >= 0.3 is 0 Å². The maximum Gasteiger partial charge on any atom is 0.0633 e. The number of rotatable bonds is 1. The van der Waals surface area contributed by atoms with Gasteiger partial charge in [0.15, 0.2) is 0 Å². The third-order valence-electron chi connectivity index (χ3n) is 2.03. The summed E-state index contributed by atoms with van der Waals surface area (Å²) in [6, 6.07) is 6.41. The zero-order chi connectivity index (χ0) is 9.42. The Labute approximate surface area is 85.9 Å². The second kappa shape index (κ2) is 3.24. The summed E-state index contributed by atoms with van der Waals surface area (Å²) < 4.78 is 1.23. The SMILES string of the molecule is CSc1ccc2cc(C)sc2c1N. The van der Waals surface area contributed by atoms with Crippen LogP contribution in [0.25, 0.3) is 10.1 Å². The largest absolute Gasteiger partial charge is 0.397 e. The maximum absolute atomic E-state index is 6.03. The summed E-state index contributed by atoms with van der Waals surface area (Å²) in [5.41, 5.74) is 6.97. The maximum atomic E-state index is 6.03. The lowest BCUT2D eigenvalue weighted by Gasteiger charge is -2.01. The van der Waals surface area contributed by atoms with Gasteiger partial charge in [-0.05, 0) is 30.7 Å². The summed E-state index contributed by atoms with van der Waals surface area (Å²) in [6.07, 6.45) is 2.05. The average molecular weight is 209 g/mol. The Morgan fingerprint density at radius 3 is 2.85 bits per heavy atom. The van der Waals surface area contributed by atoms with Crippen molar-refractivity contribution in [1.82, 2.24) is 0 Å². The van der Waals surface area contributed by atoms with Crippen molar-refractivity contribution in [2.45, 2.75) is 11.8 Å². The molecule has 0 bridgehead atoms. The molecule has 1 aromatic carbocycles. The fourth-order valence-corrected chi connectivity index (χ4v) is 2.98. The Balaban J connectivity index is 2.78. The molecule has 0 radical (unpaired) electrons. The van der Waals surface area contributed by atoms with Crippen LogP contribution in [0.15, 0.2) is 23.1 Å². The van der Waals surface area contributed by atoms with E-state index in [2.05, 4.69) is 31.4 Å². The Hall–Kier alpha value is -0.670. The molecular formula is C10H11NS2. The summed E-state index contributed by atoms with van der Waals surface area (Å²) in [7, 11) is 0. The molecule has 0 unspecified atom stereocenters. The molecule has 0 atom stereocenters. The molecular weight excluding hydrogens is 198 g/mol. The van der Waals surface area contributed by atoms with E-state index in [0.29, 0.717) is 0 Å². The molecule has 0 amide bonds. The fraction of sp³-hybridized carbons (Fsp3) is 0.200. The normalized spacial score (nSPS) is 10.9. The summed E-state index contributed by atoms with van der Waals surface area (Å²) in [6.45, 7) is 2.11. The van der Waals surface area contributed by atoms with Gasteiger partial charge in [0.1, 0.15) is 0 Å². The highest BCUT2D eigenvalue weighted by Gasteiger charge is 2.05. The summed E-state index contributed by atoms with van der Waals surface area (Å²) >= 11 is 3.47. The van der Waals surface area contributed by atoms with Crippen LogP contribution in [-0.4, -0.2) is 6.26 Å². The third-order valence-corrected chi connectivity index (χ3v) is 3.92. The molecule has 2 aromatic rings. The van der Waals surface area contributed by atoms with E-state index in [-0.39, 0.29) is 0 Å². The van der Waals surface area contributed by atoms with E-state index < -0.39 is 0 Å². The monoisotopic (exact) mass is 209 g/mol. The van der Waals surface area contributed by atoms with Gasteiger partial charge in [-0.3, -0.25) is 0 Å². The van der Waals surface area contributed by atoms with Crippen LogP contribution in [0, 0.1) is 6.92 Å². The second-order valence-corrected chi connectivity index (χ2v) is 5.06. The number of thioether (sulfide) groups is 1. The van der Waals surface area contributed by atoms with Gasteiger partial charge < -0.3 is 5.73 Å². The quantitative estimate of drug-likeness (QED) is 0.574. The minimum absolute atomic E-state index is 0.933. The molecule has 1 nitrogen and oxygen atoms in total. The van der Waals surface area contributed by atoms with Crippen molar-refractivity contribution < 1.29 is 0 Å². The van der Waals surface area contributed by atoms with E-state index in [4.69, 9.17) is 5.73 Å². The topological polar surface area (TPSA) is 26.0 Å².